The molecule has 2 heterocycles. The van der Waals surface area contributed by atoms with E-state index >= 15 is 0 Å². The number of nitrogen functional groups attached to an aromatic ring is 1. The van der Waals surface area contributed by atoms with Crippen LogP contribution in [0.2, 0.25) is 5.02 Å². The average molecular weight is 430 g/mol. The van der Waals surface area contributed by atoms with Crippen molar-refractivity contribution in [3.63, 3.8) is 0 Å². The van der Waals surface area contributed by atoms with E-state index in [0.29, 0.717) is 27.5 Å². The first-order chi connectivity index (χ1) is 13.8. The lowest BCUT2D eigenvalue weighted by Crippen LogP contribution is -2.17. The number of furan rings is 1. The molecule has 0 unspecified atom stereocenters. The van der Waals surface area contributed by atoms with Gasteiger partial charge in [-0.1, -0.05) is 11.6 Å². The Morgan fingerprint density at radius 1 is 1.45 bits per heavy atom. The highest BCUT2D eigenvalue weighted by atomic mass is 35.5. The van der Waals surface area contributed by atoms with Crippen LogP contribution in [-0.2, 0) is 0 Å². The summed E-state index contributed by atoms with van der Waals surface area (Å²) in [5.74, 6) is 0.218. The second-order valence-corrected chi connectivity index (χ2v) is 7.19. The van der Waals surface area contributed by atoms with Crippen molar-refractivity contribution in [2.24, 2.45) is 5.10 Å². The van der Waals surface area contributed by atoms with Crippen LogP contribution >= 0.6 is 22.9 Å². The first-order valence-corrected chi connectivity index (χ1v) is 9.17. The van der Waals surface area contributed by atoms with Gasteiger partial charge in [-0.3, -0.25) is 14.9 Å². The predicted molar refractivity (Wildman–Crippen MR) is 109 cm³/mol. The van der Waals surface area contributed by atoms with E-state index in [-0.39, 0.29) is 21.3 Å². The standard InChI is InChI=1S/C18H12ClN5O4S/c1-9-13(7-20)17(21)29-16(9)18(25)23-22-8-11-3-5-15(28-11)12-4-2-10(24(26)27)6-14(12)19/h2-6,8H,21H2,1H3,(H,23,25)/b22-8-. The third kappa shape index (κ3) is 4.11. The number of rotatable bonds is 5. The Morgan fingerprint density at radius 2 is 2.21 bits per heavy atom. The molecule has 0 radical (unpaired) electrons. The Balaban J connectivity index is 1.72. The van der Waals surface area contributed by atoms with E-state index < -0.39 is 10.8 Å². The van der Waals surface area contributed by atoms with Gasteiger partial charge in [0.1, 0.15) is 27.5 Å². The van der Waals surface area contributed by atoms with Crippen LogP contribution in [0, 0.1) is 28.4 Å². The molecule has 0 aliphatic carbocycles. The van der Waals surface area contributed by atoms with Gasteiger partial charge in [0.2, 0.25) is 0 Å². The molecule has 0 aliphatic rings. The summed E-state index contributed by atoms with van der Waals surface area (Å²) in [7, 11) is 0. The van der Waals surface area contributed by atoms with Gasteiger partial charge in [-0.05, 0) is 30.7 Å². The van der Waals surface area contributed by atoms with Crippen molar-refractivity contribution in [2.45, 2.75) is 6.92 Å². The summed E-state index contributed by atoms with van der Waals surface area (Å²) in [6.07, 6.45) is 1.29. The van der Waals surface area contributed by atoms with E-state index in [0.717, 1.165) is 11.3 Å². The number of hydrogen-bond donors (Lipinski definition) is 2. The summed E-state index contributed by atoms with van der Waals surface area (Å²) in [4.78, 5) is 22.8. The fraction of sp³-hybridized carbons (Fsp3) is 0.0556. The molecule has 0 fully saturated rings. The number of carbonyl (C=O) groups is 1. The Hall–Kier alpha value is -3.68. The lowest BCUT2D eigenvalue weighted by molar-refractivity contribution is -0.384. The lowest BCUT2D eigenvalue weighted by atomic mass is 10.1. The molecule has 2 aromatic heterocycles. The van der Waals surface area contributed by atoms with E-state index in [2.05, 4.69) is 10.5 Å². The first kappa shape index (κ1) is 20.1. The maximum atomic E-state index is 12.2. The van der Waals surface area contributed by atoms with Crippen molar-refractivity contribution in [1.82, 2.24) is 5.43 Å². The summed E-state index contributed by atoms with van der Waals surface area (Å²) in [6, 6.07) is 9.22. The molecule has 0 bridgehead atoms. The molecule has 3 N–H and O–H groups in total. The molecule has 0 spiro atoms. The predicted octanol–water partition coefficient (Wildman–Crippen LogP) is 4.10. The molecule has 11 heteroatoms. The molecule has 3 aromatic rings. The summed E-state index contributed by atoms with van der Waals surface area (Å²) in [5.41, 5.74) is 9.20. The number of nitro benzene ring substituents is 1. The number of amides is 1. The molecule has 1 aromatic carbocycles. The van der Waals surface area contributed by atoms with Crippen molar-refractivity contribution in [1.29, 1.82) is 5.26 Å². The van der Waals surface area contributed by atoms with Crippen molar-refractivity contribution in [3.8, 4) is 17.4 Å². The number of thiophene rings is 1. The highest BCUT2D eigenvalue weighted by molar-refractivity contribution is 7.18. The number of nitrogens with zero attached hydrogens (tertiary/aromatic N) is 3. The van der Waals surface area contributed by atoms with Crippen molar-refractivity contribution in [2.75, 3.05) is 5.73 Å². The van der Waals surface area contributed by atoms with Crippen molar-refractivity contribution in [3.05, 3.63) is 67.2 Å². The molecule has 0 saturated carbocycles. The fourth-order valence-corrected chi connectivity index (χ4v) is 3.66. The summed E-state index contributed by atoms with van der Waals surface area (Å²) < 4.78 is 5.59. The quantitative estimate of drug-likeness (QED) is 0.354. The minimum atomic E-state index is -0.541. The zero-order chi connectivity index (χ0) is 21.1. The number of halogens is 1. The summed E-state index contributed by atoms with van der Waals surface area (Å²) >= 11 is 7.09. The number of hydrogen-bond acceptors (Lipinski definition) is 8. The van der Waals surface area contributed by atoms with E-state index in [4.69, 9.17) is 27.0 Å². The molecule has 146 valence electrons. The van der Waals surface area contributed by atoms with E-state index in [1.807, 2.05) is 6.07 Å². The molecular formula is C18H12ClN5O4S. The monoisotopic (exact) mass is 429 g/mol. The molecule has 9 nitrogen and oxygen atoms in total. The molecule has 1 amide bonds. The highest BCUT2D eigenvalue weighted by Gasteiger charge is 2.18. The van der Waals surface area contributed by atoms with Crippen LogP contribution in [0.3, 0.4) is 0 Å². The summed E-state index contributed by atoms with van der Waals surface area (Å²) in [5, 5.41) is 24.1. The maximum absolute atomic E-state index is 12.2. The van der Waals surface area contributed by atoms with Crippen molar-refractivity contribution < 1.29 is 14.1 Å². The SMILES string of the molecule is Cc1c(C(=O)N/N=C\c2ccc(-c3ccc([N+](=O)[O-])cc3Cl)o2)sc(N)c1C#N. The fourth-order valence-electron chi connectivity index (χ4n) is 2.48. The molecule has 3 rings (SSSR count). The number of carbonyl (C=O) groups excluding carboxylic acids is 1. The molecule has 0 atom stereocenters. The van der Waals surface area contributed by atoms with Crippen LogP contribution in [0.15, 0.2) is 39.9 Å². The Morgan fingerprint density at radius 3 is 2.83 bits per heavy atom. The topological polar surface area (TPSA) is 148 Å². The van der Waals surface area contributed by atoms with E-state index in [1.165, 1.54) is 24.4 Å². The largest absolute Gasteiger partial charge is 0.455 e. The number of nitrogens with two attached hydrogens (primary N) is 1. The Bertz CT molecular complexity index is 1190. The Labute approximate surface area is 173 Å². The molecule has 0 saturated heterocycles. The van der Waals surface area contributed by atoms with Crippen molar-refractivity contribution >= 4 is 45.7 Å². The van der Waals surface area contributed by atoms with Crippen LogP contribution in [0.5, 0.6) is 0 Å². The zero-order valence-corrected chi connectivity index (χ0v) is 16.4. The Kier molecular flexibility index (Phi) is 5.63. The number of benzene rings is 1. The smallest absolute Gasteiger partial charge is 0.281 e. The van der Waals surface area contributed by atoms with Crippen LogP contribution in [0.4, 0.5) is 10.7 Å². The number of nitrogens with one attached hydrogen (secondary N) is 1. The van der Waals surface area contributed by atoms with Gasteiger partial charge in [0.15, 0.2) is 0 Å². The van der Waals surface area contributed by atoms with Crippen LogP contribution < -0.4 is 11.2 Å². The lowest BCUT2D eigenvalue weighted by Gasteiger charge is -2.00. The van der Waals surface area contributed by atoms with Gasteiger partial charge >= 0.3 is 0 Å². The van der Waals surface area contributed by atoms with Crippen LogP contribution in [-0.4, -0.2) is 17.0 Å². The maximum Gasteiger partial charge on any atom is 0.281 e. The minimum Gasteiger partial charge on any atom is -0.455 e. The third-order valence-electron chi connectivity index (χ3n) is 3.91. The van der Waals surface area contributed by atoms with Gasteiger partial charge in [-0.15, -0.1) is 11.3 Å². The number of non-ortho nitro benzene ring substituents is 1. The van der Waals surface area contributed by atoms with Gasteiger partial charge < -0.3 is 10.2 Å². The van der Waals surface area contributed by atoms with Gasteiger partial charge in [0.05, 0.1) is 21.7 Å². The number of nitro groups is 1. The number of hydrazone groups is 1. The van der Waals surface area contributed by atoms with E-state index in [9.17, 15) is 14.9 Å². The highest BCUT2D eigenvalue weighted by Crippen LogP contribution is 2.32. The van der Waals surface area contributed by atoms with Gasteiger partial charge in [0, 0.05) is 17.7 Å². The second kappa shape index (κ2) is 8.14. The normalized spacial score (nSPS) is 10.8. The molecular weight excluding hydrogens is 418 g/mol. The second-order valence-electron chi connectivity index (χ2n) is 5.73. The van der Waals surface area contributed by atoms with Gasteiger partial charge in [-0.2, -0.15) is 10.4 Å². The van der Waals surface area contributed by atoms with Crippen LogP contribution in [0.1, 0.15) is 26.6 Å². The van der Waals surface area contributed by atoms with E-state index in [1.54, 1.807) is 19.1 Å². The zero-order valence-electron chi connectivity index (χ0n) is 14.8. The van der Waals surface area contributed by atoms with Gasteiger partial charge in [0.25, 0.3) is 11.6 Å². The molecule has 0 aliphatic heterocycles. The average Bonchev–Trinajstić information content (AvgIpc) is 3.25. The minimum absolute atomic E-state index is 0.126. The summed E-state index contributed by atoms with van der Waals surface area (Å²) in [6.45, 7) is 1.64. The van der Waals surface area contributed by atoms with Crippen LogP contribution in [0.25, 0.3) is 11.3 Å². The number of nitriles is 1. The first-order valence-electron chi connectivity index (χ1n) is 7.98. The number of anilines is 1. The molecule has 29 heavy (non-hydrogen) atoms. The van der Waals surface area contributed by atoms with Gasteiger partial charge in [-0.25, -0.2) is 5.43 Å². The third-order valence-corrected chi connectivity index (χ3v) is 5.34.